The van der Waals surface area contributed by atoms with E-state index in [0.717, 1.165) is 102 Å². The maximum Gasteiger partial charge on any atom is 0.228 e. The van der Waals surface area contributed by atoms with E-state index in [9.17, 15) is 9.59 Å². The number of benzene rings is 1. The molecule has 1 aromatic carbocycles. The molecule has 3 fully saturated rings. The second-order valence-electron chi connectivity index (χ2n) is 14.5. The van der Waals surface area contributed by atoms with Crippen molar-refractivity contribution in [3.8, 4) is 0 Å². The molecule has 3 aliphatic rings. The highest BCUT2D eigenvalue weighted by Gasteiger charge is 2.58. The Labute approximate surface area is 268 Å². The van der Waals surface area contributed by atoms with E-state index in [1.165, 1.54) is 18.4 Å². The van der Waals surface area contributed by atoms with Crippen LogP contribution in [0.2, 0.25) is 0 Å². The van der Waals surface area contributed by atoms with Gasteiger partial charge in [0.2, 0.25) is 5.91 Å². The zero-order valence-electron chi connectivity index (χ0n) is 28.7. The monoisotopic (exact) mass is 606 g/mol. The normalized spacial score (nSPS) is 26.3. The average molecular weight is 607 g/mol. The number of nitrogens with zero attached hydrogens (tertiary/aromatic N) is 1. The molecule has 246 valence electrons. The number of Topliss-reactive ketones (excluding diaryl/α,β-unsaturated/α-hetero) is 2. The molecular formula is C39H62N2O3. The van der Waals surface area contributed by atoms with Crippen molar-refractivity contribution in [2.45, 2.75) is 180 Å². The van der Waals surface area contributed by atoms with Crippen LogP contribution in [0.4, 0.5) is 0 Å². The summed E-state index contributed by atoms with van der Waals surface area (Å²) in [6.45, 7) is 10.6. The predicted molar refractivity (Wildman–Crippen MR) is 181 cm³/mol. The highest BCUT2D eigenvalue weighted by molar-refractivity contribution is 6.03. The first kappa shape index (κ1) is 34.9. The van der Waals surface area contributed by atoms with Gasteiger partial charge in [-0.25, -0.2) is 0 Å². The van der Waals surface area contributed by atoms with Gasteiger partial charge in [-0.1, -0.05) is 116 Å². The van der Waals surface area contributed by atoms with E-state index in [1.807, 2.05) is 12.1 Å². The van der Waals surface area contributed by atoms with E-state index in [-0.39, 0.29) is 41.4 Å². The van der Waals surface area contributed by atoms with Gasteiger partial charge in [-0.2, -0.15) is 0 Å². The lowest BCUT2D eigenvalue weighted by molar-refractivity contribution is -0.178. The van der Waals surface area contributed by atoms with Crippen molar-refractivity contribution in [1.29, 1.82) is 0 Å². The highest BCUT2D eigenvalue weighted by atomic mass is 16.2. The van der Waals surface area contributed by atoms with Gasteiger partial charge in [-0.3, -0.25) is 14.4 Å². The number of amides is 1. The Kier molecular flexibility index (Phi) is 12.7. The van der Waals surface area contributed by atoms with Gasteiger partial charge in [0.25, 0.3) is 0 Å². The molecule has 44 heavy (non-hydrogen) atoms. The summed E-state index contributed by atoms with van der Waals surface area (Å²) >= 11 is 0. The zero-order valence-corrected chi connectivity index (χ0v) is 28.7. The van der Waals surface area contributed by atoms with Gasteiger partial charge in [0.15, 0.2) is 11.6 Å². The third-order valence-electron chi connectivity index (χ3n) is 11.6. The van der Waals surface area contributed by atoms with E-state index >= 15 is 4.79 Å². The van der Waals surface area contributed by atoms with E-state index in [0.29, 0.717) is 12.8 Å². The topological polar surface area (TPSA) is 66.5 Å². The Bertz CT molecular complexity index is 1090. The van der Waals surface area contributed by atoms with Crippen molar-refractivity contribution < 1.29 is 14.4 Å². The fourth-order valence-corrected chi connectivity index (χ4v) is 8.91. The summed E-state index contributed by atoms with van der Waals surface area (Å²) < 4.78 is 0. The molecule has 1 aromatic rings. The van der Waals surface area contributed by atoms with Crippen LogP contribution in [0.1, 0.15) is 166 Å². The van der Waals surface area contributed by atoms with Crippen molar-refractivity contribution in [3.05, 3.63) is 35.4 Å². The number of fused-ring (bicyclic) bond motifs is 1. The lowest BCUT2D eigenvalue weighted by Gasteiger charge is -2.58. The first-order valence-corrected chi connectivity index (χ1v) is 18.5. The molecule has 0 bridgehead atoms. The Morgan fingerprint density at radius 1 is 0.818 bits per heavy atom. The van der Waals surface area contributed by atoms with Gasteiger partial charge in [-0.15, -0.1) is 0 Å². The average Bonchev–Trinajstić information content (AvgIpc) is 3.01. The minimum atomic E-state index is -0.750. The molecule has 0 radical (unpaired) electrons. The summed E-state index contributed by atoms with van der Waals surface area (Å²) in [5, 5.41) is 3.89. The molecule has 5 atom stereocenters. The quantitative estimate of drug-likeness (QED) is 0.170. The van der Waals surface area contributed by atoms with Crippen LogP contribution in [-0.2, 0) is 16.0 Å². The molecule has 5 heteroatoms. The van der Waals surface area contributed by atoms with Crippen LogP contribution in [-0.4, -0.2) is 45.5 Å². The van der Waals surface area contributed by atoms with Crippen molar-refractivity contribution >= 4 is 17.5 Å². The molecule has 1 aliphatic heterocycles. The van der Waals surface area contributed by atoms with Crippen LogP contribution in [0, 0.1) is 11.8 Å². The maximum atomic E-state index is 15.1. The second kappa shape index (κ2) is 16.0. The summed E-state index contributed by atoms with van der Waals surface area (Å²) in [7, 11) is 0. The summed E-state index contributed by atoms with van der Waals surface area (Å²) in [4.78, 5) is 45.1. The van der Waals surface area contributed by atoms with Crippen LogP contribution in [0.5, 0.6) is 0 Å². The molecule has 1 amide bonds. The van der Waals surface area contributed by atoms with E-state index in [1.54, 1.807) is 0 Å². The van der Waals surface area contributed by atoms with Crippen molar-refractivity contribution in [3.63, 3.8) is 0 Å². The van der Waals surface area contributed by atoms with Gasteiger partial charge < -0.3 is 10.2 Å². The van der Waals surface area contributed by atoms with Gasteiger partial charge in [0.1, 0.15) is 5.54 Å². The van der Waals surface area contributed by atoms with Crippen LogP contribution in [0.3, 0.4) is 0 Å². The number of likely N-dealkylation sites (tertiary alicyclic amines) is 1. The molecule has 1 N–H and O–H groups in total. The molecule has 5 nitrogen and oxygen atoms in total. The number of rotatable bonds is 14. The van der Waals surface area contributed by atoms with Gasteiger partial charge in [0, 0.05) is 23.6 Å². The van der Waals surface area contributed by atoms with E-state index < -0.39 is 11.1 Å². The van der Waals surface area contributed by atoms with Crippen molar-refractivity contribution in [2.75, 3.05) is 0 Å². The molecule has 2 saturated carbocycles. The van der Waals surface area contributed by atoms with Crippen LogP contribution in [0.15, 0.2) is 24.3 Å². The van der Waals surface area contributed by atoms with Gasteiger partial charge in [-0.05, 0) is 70.3 Å². The van der Waals surface area contributed by atoms with Crippen molar-refractivity contribution in [1.82, 2.24) is 10.2 Å². The lowest BCUT2D eigenvalue weighted by atomic mass is 9.68. The van der Waals surface area contributed by atoms with E-state index in [2.05, 4.69) is 57.0 Å². The number of nitrogens with one attached hydrogen (secondary N) is 1. The number of hydrogen-bond donors (Lipinski definition) is 1. The number of aryl methyl sites for hydroxylation is 1. The zero-order chi connectivity index (χ0) is 31.7. The molecular weight excluding hydrogens is 544 g/mol. The molecule has 2 aliphatic carbocycles. The largest absolute Gasteiger partial charge is 0.326 e. The molecule has 4 rings (SSSR count). The Morgan fingerprint density at radius 3 is 2.05 bits per heavy atom. The number of β-lactam (4-membered cyclic amide) rings is 1. The predicted octanol–water partition coefficient (Wildman–Crippen LogP) is 9.01. The molecule has 1 saturated heterocycles. The Hall–Kier alpha value is -2.01. The van der Waals surface area contributed by atoms with E-state index in [4.69, 9.17) is 0 Å². The van der Waals surface area contributed by atoms with Crippen LogP contribution < -0.4 is 5.32 Å². The molecule has 0 aromatic heterocycles. The standard InChI is InChI=1S/C39H62N2O3/c1-6-10-19-29-24-26-30(27-25-29)35(42)38(5,28-7-2)40-33-22-17-13-11-15-20-31(33)36(43)39(8-3,9-4)41-34-23-18-14-12-16-21-32(34)37(41)44/h24-27,31-34,40H,6-23,28H2,1-5H3/t31-,32-,33+,34+,38?/m1/s1. The summed E-state index contributed by atoms with van der Waals surface area (Å²) in [5.74, 6) is 0.504. The fourth-order valence-electron chi connectivity index (χ4n) is 8.91. The maximum absolute atomic E-state index is 15.1. The minimum Gasteiger partial charge on any atom is -0.326 e. The number of hydrogen-bond acceptors (Lipinski definition) is 4. The first-order valence-electron chi connectivity index (χ1n) is 18.5. The van der Waals surface area contributed by atoms with Crippen LogP contribution >= 0.6 is 0 Å². The summed E-state index contributed by atoms with van der Waals surface area (Å²) in [6.07, 6.45) is 19.1. The molecule has 0 spiro atoms. The lowest BCUT2D eigenvalue weighted by Crippen LogP contribution is -2.73. The summed E-state index contributed by atoms with van der Waals surface area (Å²) in [5.41, 5.74) is 0.531. The number of carbonyl (C=O) groups excluding carboxylic acids is 3. The Balaban J connectivity index is 1.62. The third kappa shape index (κ3) is 7.34. The van der Waals surface area contributed by atoms with Crippen LogP contribution in [0.25, 0.3) is 0 Å². The second-order valence-corrected chi connectivity index (χ2v) is 14.5. The van der Waals surface area contributed by atoms with Crippen molar-refractivity contribution in [2.24, 2.45) is 11.8 Å². The first-order chi connectivity index (χ1) is 21.3. The SMILES string of the molecule is CCCCc1ccc(C(=O)C(C)(CCC)N[C@H]2CCCCCC[C@H]2C(=O)C(CC)(CC)N2C(=O)[C@@H]3CCCCCC[C@@H]32)cc1. The minimum absolute atomic E-state index is 0.0749. The number of ketones is 2. The smallest absolute Gasteiger partial charge is 0.228 e. The fraction of sp³-hybridized carbons (Fsp3) is 0.769. The Morgan fingerprint density at radius 2 is 1.43 bits per heavy atom. The van der Waals surface area contributed by atoms with Gasteiger partial charge >= 0.3 is 0 Å². The third-order valence-corrected chi connectivity index (χ3v) is 11.6. The van der Waals surface area contributed by atoms with Gasteiger partial charge in [0.05, 0.1) is 11.5 Å². The number of carbonyl (C=O) groups is 3. The highest BCUT2D eigenvalue weighted by Crippen LogP contribution is 2.46. The molecule has 1 heterocycles. The number of unbranched alkanes of at least 4 members (excludes halogenated alkanes) is 1. The molecule has 1 unspecified atom stereocenters. The summed E-state index contributed by atoms with van der Waals surface area (Å²) in [6, 6.07) is 8.36.